The molecule has 1 fully saturated rings. The van der Waals surface area contributed by atoms with E-state index >= 15 is 0 Å². The summed E-state index contributed by atoms with van der Waals surface area (Å²) >= 11 is 0. The second-order valence-electron chi connectivity index (χ2n) is 10.6. The molecular formula is C24H36N6O. The van der Waals surface area contributed by atoms with Crippen LogP contribution in [0, 0.1) is 0 Å². The third-order valence-electron chi connectivity index (χ3n) is 5.71. The quantitative estimate of drug-likeness (QED) is 0.688. The van der Waals surface area contributed by atoms with Crippen molar-refractivity contribution in [3.05, 3.63) is 41.1 Å². The third-order valence-corrected chi connectivity index (χ3v) is 5.71. The Bertz CT molecular complexity index is 925. The fourth-order valence-electron chi connectivity index (χ4n) is 3.69. The zero-order valence-electron chi connectivity index (χ0n) is 19.6. The van der Waals surface area contributed by atoms with E-state index < -0.39 is 5.91 Å². The number of piperidine rings is 1. The van der Waals surface area contributed by atoms with E-state index in [0.717, 1.165) is 25.1 Å². The molecule has 0 saturated carbocycles. The van der Waals surface area contributed by atoms with Crippen LogP contribution in [0.5, 0.6) is 0 Å². The lowest BCUT2D eigenvalue weighted by atomic mass is 9.80. The van der Waals surface area contributed by atoms with Gasteiger partial charge < -0.3 is 21.7 Å². The fourth-order valence-corrected chi connectivity index (χ4v) is 3.69. The number of primary amides is 1. The molecule has 3 rings (SSSR count). The number of hydrogen-bond donors (Lipinski definition) is 3. The van der Waals surface area contributed by atoms with Gasteiger partial charge in [0.05, 0.1) is 0 Å². The number of anilines is 3. The van der Waals surface area contributed by atoms with E-state index in [0.29, 0.717) is 18.3 Å². The maximum Gasteiger partial charge on any atom is 0.254 e. The summed E-state index contributed by atoms with van der Waals surface area (Å²) in [6.45, 7) is 14.7. The predicted molar refractivity (Wildman–Crippen MR) is 127 cm³/mol. The summed E-state index contributed by atoms with van der Waals surface area (Å²) in [5.41, 5.74) is 15.3. The molecular weight excluding hydrogens is 388 g/mol. The second kappa shape index (κ2) is 8.46. The zero-order chi connectivity index (χ0) is 23.0. The van der Waals surface area contributed by atoms with Gasteiger partial charge in [-0.2, -0.15) is 4.98 Å². The van der Waals surface area contributed by atoms with Crippen LogP contribution in [0.4, 0.5) is 17.5 Å². The predicted octanol–water partition coefficient (Wildman–Crippen LogP) is 3.84. The van der Waals surface area contributed by atoms with Gasteiger partial charge in [0.15, 0.2) is 0 Å². The maximum absolute atomic E-state index is 12.1. The van der Waals surface area contributed by atoms with Gasteiger partial charge in [-0.25, -0.2) is 4.98 Å². The summed E-state index contributed by atoms with van der Waals surface area (Å²) in [7, 11) is 0. The number of aromatic nitrogens is 2. The largest absolute Gasteiger partial charge is 0.365 e. The van der Waals surface area contributed by atoms with Crippen molar-refractivity contribution in [3.8, 4) is 0 Å². The van der Waals surface area contributed by atoms with Crippen molar-refractivity contribution < 1.29 is 4.79 Å². The normalized spacial score (nSPS) is 17.5. The molecule has 0 radical (unpaired) electrons. The number of rotatable bonds is 4. The highest BCUT2D eigenvalue weighted by molar-refractivity contribution is 5.98. The lowest BCUT2D eigenvalue weighted by Crippen LogP contribution is -2.43. The molecule has 7 nitrogen and oxygen atoms in total. The van der Waals surface area contributed by atoms with Crippen LogP contribution in [-0.4, -0.2) is 35.0 Å². The molecule has 5 N–H and O–H groups in total. The van der Waals surface area contributed by atoms with Crippen molar-refractivity contribution in [1.82, 2.24) is 9.97 Å². The molecule has 1 saturated heterocycles. The molecule has 1 aliphatic rings. The number of amides is 1. The molecule has 2 heterocycles. The summed E-state index contributed by atoms with van der Waals surface area (Å²) in [5, 5.41) is 3.36. The van der Waals surface area contributed by atoms with E-state index in [1.165, 1.54) is 17.3 Å². The highest BCUT2D eigenvalue weighted by atomic mass is 16.1. The van der Waals surface area contributed by atoms with E-state index in [1.54, 1.807) is 0 Å². The van der Waals surface area contributed by atoms with E-state index in [2.05, 4.69) is 79.9 Å². The van der Waals surface area contributed by atoms with E-state index in [4.69, 9.17) is 11.5 Å². The van der Waals surface area contributed by atoms with Crippen molar-refractivity contribution >= 4 is 23.4 Å². The Morgan fingerprint density at radius 2 is 1.71 bits per heavy atom. The number of carbonyl (C=O) groups is 1. The molecule has 2 aromatic rings. The van der Waals surface area contributed by atoms with Crippen LogP contribution in [0.3, 0.4) is 0 Å². The van der Waals surface area contributed by atoms with Gasteiger partial charge in [0.1, 0.15) is 11.4 Å². The molecule has 168 valence electrons. The zero-order valence-corrected chi connectivity index (χ0v) is 19.6. The first-order valence-corrected chi connectivity index (χ1v) is 10.9. The van der Waals surface area contributed by atoms with Gasteiger partial charge in [0, 0.05) is 31.0 Å². The first-order chi connectivity index (χ1) is 14.3. The topological polar surface area (TPSA) is 110 Å². The fraction of sp³-hybridized carbons (Fsp3) is 0.542. The van der Waals surface area contributed by atoms with Gasteiger partial charge in [-0.1, -0.05) is 47.6 Å². The smallest absolute Gasteiger partial charge is 0.254 e. The third kappa shape index (κ3) is 5.53. The standard InChI is InChI=1S/C24H36N6O/c1-23(2,3)15-10-16(24(4,5)6)12-18(11-15)28-21-19(20(26)31)13-27-22(29-21)30-9-7-8-17(25)14-30/h10-13,17H,7-9,14,25H2,1-6H3,(H2,26,31)(H,27,28,29)/t17-/m1/s1. The lowest BCUT2D eigenvalue weighted by Gasteiger charge is -2.31. The van der Waals surface area contributed by atoms with Gasteiger partial charge in [-0.3, -0.25) is 4.79 Å². The molecule has 31 heavy (non-hydrogen) atoms. The van der Waals surface area contributed by atoms with Crippen LogP contribution < -0.4 is 21.7 Å². The average molecular weight is 425 g/mol. The number of benzene rings is 1. The minimum Gasteiger partial charge on any atom is -0.365 e. The molecule has 0 spiro atoms. The summed E-state index contributed by atoms with van der Waals surface area (Å²) in [6.07, 6.45) is 3.50. The minimum atomic E-state index is -0.563. The summed E-state index contributed by atoms with van der Waals surface area (Å²) in [5.74, 6) is 0.417. The average Bonchev–Trinajstić information content (AvgIpc) is 2.66. The molecule has 1 aromatic heterocycles. The highest BCUT2D eigenvalue weighted by Crippen LogP contribution is 2.33. The maximum atomic E-state index is 12.1. The number of nitrogens with two attached hydrogens (primary N) is 2. The van der Waals surface area contributed by atoms with Crippen molar-refractivity contribution in [2.75, 3.05) is 23.3 Å². The Morgan fingerprint density at radius 3 is 2.23 bits per heavy atom. The Kier molecular flexibility index (Phi) is 6.28. The molecule has 1 aromatic carbocycles. The van der Waals surface area contributed by atoms with Crippen molar-refractivity contribution in [3.63, 3.8) is 0 Å². The van der Waals surface area contributed by atoms with Gasteiger partial charge in [0.25, 0.3) is 5.91 Å². The van der Waals surface area contributed by atoms with Gasteiger partial charge in [0.2, 0.25) is 5.95 Å². The molecule has 0 bridgehead atoms. The number of nitrogens with one attached hydrogen (secondary N) is 1. The van der Waals surface area contributed by atoms with Crippen LogP contribution >= 0.6 is 0 Å². The first kappa shape index (κ1) is 23.0. The molecule has 7 heteroatoms. The van der Waals surface area contributed by atoms with Crippen molar-refractivity contribution in [2.45, 2.75) is 71.3 Å². The minimum absolute atomic E-state index is 0.0228. The summed E-state index contributed by atoms with van der Waals surface area (Å²) in [4.78, 5) is 23.2. The van der Waals surface area contributed by atoms with Crippen molar-refractivity contribution in [2.24, 2.45) is 11.5 Å². The Labute approximate surface area is 185 Å². The Hall–Kier alpha value is -2.67. The van der Waals surface area contributed by atoms with Gasteiger partial charge in [-0.05, 0) is 46.9 Å². The van der Waals surface area contributed by atoms with Crippen LogP contribution in [-0.2, 0) is 10.8 Å². The van der Waals surface area contributed by atoms with Gasteiger partial charge >= 0.3 is 0 Å². The van der Waals surface area contributed by atoms with E-state index in [-0.39, 0.29) is 22.4 Å². The molecule has 0 unspecified atom stereocenters. The number of nitrogens with zero attached hydrogens (tertiary/aromatic N) is 3. The van der Waals surface area contributed by atoms with Crippen LogP contribution in [0.2, 0.25) is 0 Å². The van der Waals surface area contributed by atoms with E-state index in [1.807, 2.05) is 0 Å². The summed E-state index contributed by atoms with van der Waals surface area (Å²) < 4.78 is 0. The van der Waals surface area contributed by atoms with E-state index in [9.17, 15) is 4.79 Å². The van der Waals surface area contributed by atoms with Crippen LogP contribution in [0.25, 0.3) is 0 Å². The molecule has 0 aliphatic carbocycles. The second-order valence-corrected chi connectivity index (χ2v) is 10.6. The lowest BCUT2D eigenvalue weighted by molar-refractivity contribution is 0.100. The van der Waals surface area contributed by atoms with Crippen LogP contribution in [0.1, 0.15) is 75.9 Å². The molecule has 1 atom stereocenters. The number of carbonyl (C=O) groups excluding carboxylic acids is 1. The highest BCUT2D eigenvalue weighted by Gasteiger charge is 2.23. The SMILES string of the molecule is CC(C)(C)c1cc(Nc2nc(N3CCC[C@@H](N)C3)ncc2C(N)=O)cc(C(C)(C)C)c1. The van der Waals surface area contributed by atoms with Crippen LogP contribution in [0.15, 0.2) is 24.4 Å². The number of hydrogen-bond acceptors (Lipinski definition) is 6. The van der Waals surface area contributed by atoms with Gasteiger partial charge in [-0.15, -0.1) is 0 Å². The summed E-state index contributed by atoms with van der Waals surface area (Å²) in [6, 6.07) is 6.57. The Morgan fingerprint density at radius 1 is 1.10 bits per heavy atom. The monoisotopic (exact) mass is 424 g/mol. The van der Waals surface area contributed by atoms with Crippen molar-refractivity contribution in [1.29, 1.82) is 0 Å². The first-order valence-electron chi connectivity index (χ1n) is 10.9. The Balaban J connectivity index is 2.04. The molecule has 1 amide bonds. The molecule has 1 aliphatic heterocycles.